The average molecular weight is 392 g/mol. The van der Waals surface area contributed by atoms with Gasteiger partial charge in [0.1, 0.15) is 0 Å². The highest BCUT2D eigenvalue weighted by Gasteiger charge is 2.28. The first-order valence-electron chi connectivity index (χ1n) is 6.94. The summed E-state index contributed by atoms with van der Waals surface area (Å²) in [5.41, 5.74) is 4.46. The Morgan fingerprint density at radius 2 is 2.00 bits per heavy atom. The number of anilines is 2. The summed E-state index contributed by atoms with van der Waals surface area (Å²) in [4.78, 5) is 13.9. The molecule has 2 aromatic rings. The largest absolute Gasteiger partial charge is 0.377 e. The molecule has 1 aliphatic rings. The first kappa shape index (κ1) is 14.4. The van der Waals surface area contributed by atoms with E-state index in [1.54, 1.807) is 4.90 Å². The number of aryl methyl sites for hydroxylation is 1. The molecule has 3 nitrogen and oxygen atoms in total. The summed E-state index contributed by atoms with van der Waals surface area (Å²) in [5.74, 6) is 0.148. The topological polar surface area (TPSA) is 32.3 Å². The van der Waals surface area contributed by atoms with Gasteiger partial charge in [-0.3, -0.25) is 4.79 Å². The van der Waals surface area contributed by atoms with Gasteiger partial charge in [0.2, 0.25) is 5.91 Å². The van der Waals surface area contributed by atoms with Gasteiger partial charge < -0.3 is 10.2 Å². The van der Waals surface area contributed by atoms with Crippen LogP contribution < -0.4 is 10.2 Å². The summed E-state index contributed by atoms with van der Waals surface area (Å²) >= 11 is 2.31. The first-order chi connectivity index (χ1) is 10.1. The van der Waals surface area contributed by atoms with E-state index < -0.39 is 0 Å². The number of amides is 1. The number of nitrogens with zero attached hydrogens (tertiary/aromatic N) is 1. The third-order valence-electron chi connectivity index (χ3n) is 3.94. The lowest BCUT2D eigenvalue weighted by Crippen LogP contribution is -2.35. The zero-order valence-electron chi connectivity index (χ0n) is 12.1. The van der Waals surface area contributed by atoms with E-state index in [1.807, 2.05) is 25.2 Å². The van der Waals surface area contributed by atoms with Crippen molar-refractivity contribution in [2.75, 3.05) is 17.3 Å². The maximum Gasteiger partial charge on any atom is 0.229 e. The van der Waals surface area contributed by atoms with E-state index in [9.17, 15) is 4.79 Å². The predicted octanol–water partition coefficient (Wildman–Crippen LogP) is 4.12. The van der Waals surface area contributed by atoms with Crippen molar-refractivity contribution in [2.45, 2.75) is 19.4 Å². The summed E-state index contributed by atoms with van der Waals surface area (Å²) in [7, 11) is 1.84. The molecule has 0 spiro atoms. The molecule has 21 heavy (non-hydrogen) atoms. The lowest BCUT2D eigenvalue weighted by atomic mass is 9.95. The Hall–Kier alpha value is -1.56. The first-order valence-corrected chi connectivity index (χ1v) is 8.02. The Balaban J connectivity index is 1.96. The molecule has 4 heteroatoms. The minimum atomic E-state index is 0.0312. The molecular formula is C17H17IN2O. The highest BCUT2D eigenvalue weighted by atomic mass is 127. The van der Waals surface area contributed by atoms with E-state index in [4.69, 9.17) is 0 Å². The van der Waals surface area contributed by atoms with Crippen LogP contribution in [0.1, 0.15) is 23.6 Å². The fourth-order valence-electron chi connectivity index (χ4n) is 2.75. The molecule has 0 aliphatic carbocycles. The van der Waals surface area contributed by atoms with E-state index in [-0.39, 0.29) is 11.9 Å². The van der Waals surface area contributed by atoms with Crippen molar-refractivity contribution in [3.8, 4) is 0 Å². The van der Waals surface area contributed by atoms with Crippen molar-refractivity contribution in [1.29, 1.82) is 0 Å². The van der Waals surface area contributed by atoms with E-state index in [2.05, 4.69) is 59.1 Å². The Labute approximate surface area is 138 Å². The lowest BCUT2D eigenvalue weighted by molar-refractivity contribution is -0.118. The van der Waals surface area contributed by atoms with Crippen LogP contribution in [0, 0.1) is 10.5 Å². The minimum absolute atomic E-state index is 0.0312. The van der Waals surface area contributed by atoms with Gasteiger partial charge in [0.05, 0.1) is 12.5 Å². The molecule has 108 valence electrons. The number of carbonyl (C=O) groups is 1. The number of fused-ring (bicyclic) bond motifs is 1. The maximum absolute atomic E-state index is 12.2. The average Bonchev–Trinajstić information content (AvgIpc) is 2.47. The zero-order valence-corrected chi connectivity index (χ0v) is 14.2. The van der Waals surface area contributed by atoms with Gasteiger partial charge in [0.15, 0.2) is 0 Å². The van der Waals surface area contributed by atoms with Crippen molar-refractivity contribution in [2.24, 2.45) is 0 Å². The van der Waals surface area contributed by atoms with Crippen LogP contribution in [0.3, 0.4) is 0 Å². The standard InChI is InChI=1S/C17H17IN2O/c1-11-9-12(18)7-8-14(11)19-15-10-17(21)20(2)16-6-4-3-5-13(15)16/h3-9,15,19H,10H2,1-2H3. The Morgan fingerprint density at radius 3 is 2.76 bits per heavy atom. The zero-order chi connectivity index (χ0) is 15.0. The summed E-state index contributed by atoms with van der Waals surface area (Å²) in [6, 6.07) is 14.4. The summed E-state index contributed by atoms with van der Waals surface area (Å²) < 4.78 is 1.22. The van der Waals surface area contributed by atoms with Crippen molar-refractivity contribution in [3.63, 3.8) is 0 Å². The molecule has 1 aliphatic heterocycles. The van der Waals surface area contributed by atoms with Crippen molar-refractivity contribution in [3.05, 3.63) is 57.2 Å². The van der Waals surface area contributed by atoms with Crippen LogP contribution in [-0.4, -0.2) is 13.0 Å². The molecular weight excluding hydrogens is 375 g/mol. The second-order valence-electron chi connectivity index (χ2n) is 5.37. The van der Waals surface area contributed by atoms with Crippen molar-refractivity contribution >= 4 is 39.9 Å². The summed E-state index contributed by atoms with van der Waals surface area (Å²) in [6.45, 7) is 2.09. The Kier molecular flexibility index (Phi) is 3.89. The quantitative estimate of drug-likeness (QED) is 0.780. The van der Waals surface area contributed by atoms with E-state index in [1.165, 1.54) is 14.7 Å². The van der Waals surface area contributed by atoms with Gasteiger partial charge in [-0.25, -0.2) is 0 Å². The van der Waals surface area contributed by atoms with Crippen LogP contribution in [0.2, 0.25) is 0 Å². The van der Waals surface area contributed by atoms with E-state index in [0.717, 1.165) is 11.4 Å². The molecule has 0 saturated carbocycles. The minimum Gasteiger partial charge on any atom is -0.377 e. The summed E-state index contributed by atoms with van der Waals surface area (Å²) in [6.07, 6.45) is 0.485. The Bertz CT molecular complexity index is 699. The normalized spacial score (nSPS) is 17.6. The fourth-order valence-corrected chi connectivity index (χ4v) is 3.40. The molecule has 0 aromatic heterocycles. The maximum atomic E-state index is 12.2. The highest BCUT2D eigenvalue weighted by Crippen LogP contribution is 2.36. The molecule has 0 radical (unpaired) electrons. The van der Waals surface area contributed by atoms with Crippen LogP contribution in [-0.2, 0) is 4.79 Å². The molecule has 0 fully saturated rings. The third-order valence-corrected chi connectivity index (χ3v) is 4.62. The monoisotopic (exact) mass is 392 g/mol. The van der Waals surface area contributed by atoms with Crippen LogP contribution in [0.15, 0.2) is 42.5 Å². The van der Waals surface area contributed by atoms with Crippen LogP contribution in [0.5, 0.6) is 0 Å². The second kappa shape index (κ2) is 5.67. The summed E-state index contributed by atoms with van der Waals surface area (Å²) in [5, 5.41) is 3.53. The third kappa shape index (κ3) is 2.77. The number of carbonyl (C=O) groups excluding carboxylic acids is 1. The van der Waals surface area contributed by atoms with Gasteiger partial charge in [-0.15, -0.1) is 0 Å². The molecule has 0 bridgehead atoms. The van der Waals surface area contributed by atoms with Crippen LogP contribution >= 0.6 is 22.6 Å². The number of hydrogen-bond donors (Lipinski definition) is 1. The predicted molar refractivity (Wildman–Crippen MR) is 94.7 cm³/mol. The number of hydrogen-bond acceptors (Lipinski definition) is 2. The Morgan fingerprint density at radius 1 is 1.24 bits per heavy atom. The fraction of sp³-hybridized carbons (Fsp3) is 0.235. The van der Waals surface area contributed by atoms with Gasteiger partial charge in [0.25, 0.3) is 0 Å². The number of nitrogens with one attached hydrogen (secondary N) is 1. The number of rotatable bonds is 2. The highest BCUT2D eigenvalue weighted by molar-refractivity contribution is 14.1. The molecule has 0 saturated heterocycles. The molecule has 1 amide bonds. The van der Waals surface area contributed by atoms with Gasteiger partial charge in [0, 0.05) is 22.0 Å². The smallest absolute Gasteiger partial charge is 0.229 e. The van der Waals surface area contributed by atoms with Gasteiger partial charge >= 0.3 is 0 Å². The second-order valence-corrected chi connectivity index (χ2v) is 6.62. The number of benzene rings is 2. The molecule has 1 unspecified atom stereocenters. The molecule has 1 N–H and O–H groups in total. The lowest BCUT2D eigenvalue weighted by Gasteiger charge is -2.32. The van der Waals surface area contributed by atoms with E-state index >= 15 is 0 Å². The molecule has 1 atom stereocenters. The number of para-hydroxylation sites is 1. The van der Waals surface area contributed by atoms with Gasteiger partial charge in [-0.05, 0) is 64.9 Å². The number of halogens is 1. The van der Waals surface area contributed by atoms with Gasteiger partial charge in [-0.2, -0.15) is 0 Å². The molecule has 2 aromatic carbocycles. The SMILES string of the molecule is Cc1cc(I)ccc1NC1CC(=O)N(C)c2ccccc21. The molecule has 1 heterocycles. The van der Waals surface area contributed by atoms with E-state index in [0.29, 0.717) is 6.42 Å². The van der Waals surface area contributed by atoms with Gasteiger partial charge in [-0.1, -0.05) is 18.2 Å². The van der Waals surface area contributed by atoms with Crippen molar-refractivity contribution < 1.29 is 4.79 Å². The molecule has 3 rings (SSSR count). The van der Waals surface area contributed by atoms with Crippen LogP contribution in [0.4, 0.5) is 11.4 Å². The van der Waals surface area contributed by atoms with Crippen molar-refractivity contribution in [1.82, 2.24) is 0 Å². The van der Waals surface area contributed by atoms with Crippen LogP contribution in [0.25, 0.3) is 0 Å².